The molecule has 0 bridgehead atoms. The molecule has 6 nitrogen and oxygen atoms in total. The van der Waals surface area contributed by atoms with E-state index < -0.39 is 6.30 Å². The van der Waals surface area contributed by atoms with E-state index in [4.69, 9.17) is 9.97 Å². The first-order valence-electron chi connectivity index (χ1n) is 8.99. The van der Waals surface area contributed by atoms with Gasteiger partial charge in [-0.1, -0.05) is 12.1 Å². The molecule has 3 aromatic heterocycles. The standard InChI is InChI=1S/C22H14FN6/c23-20-14-24-11-12-29(20)15-7-8-16-19(13-15)28-22(18-6-2-4-10-26-18)21(27-16)17-5-1-3-9-25-17/h1-11,13-14,20H. The SMILES string of the molecule is FC1C=NC=[C]N1c1ccc2nc(-c3ccccn3)c(-c3ccccn3)nc2c1. The molecule has 0 saturated heterocycles. The molecule has 1 aliphatic heterocycles. The van der Waals surface area contributed by atoms with Crippen LogP contribution in [0.2, 0.25) is 0 Å². The van der Waals surface area contributed by atoms with Gasteiger partial charge in [-0.25, -0.2) is 14.4 Å². The van der Waals surface area contributed by atoms with Gasteiger partial charge in [0.25, 0.3) is 0 Å². The Hall–Kier alpha value is -4.00. The van der Waals surface area contributed by atoms with Gasteiger partial charge in [0.1, 0.15) is 11.4 Å². The smallest absolute Gasteiger partial charge is 0.212 e. The predicted molar refractivity (Wildman–Crippen MR) is 110 cm³/mol. The normalized spacial score (nSPS) is 15.8. The molecule has 1 aromatic carbocycles. The van der Waals surface area contributed by atoms with E-state index >= 15 is 0 Å². The summed E-state index contributed by atoms with van der Waals surface area (Å²) in [7, 11) is 0. The highest BCUT2D eigenvalue weighted by atomic mass is 19.1. The quantitative estimate of drug-likeness (QED) is 0.497. The van der Waals surface area contributed by atoms with Gasteiger partial charge in [0, 0.05) is 18.1 Å². The van der Waals surface area contributed by atoms with Crippen LogP contribution in [0, 0.1) is 6.20 Å². The van der Waals surface area contributed by atoms with E-state index in [2.05, 4.69) is 21.2 Å². The number of hydrogen-bond acceptors (Lipinski definition) is 6. The Labute approximate surface area is 166 Å². The first-order valence-corrected chi connectivity index (χ1v) is 8.99. The molecular formula is C22H14FN6. The maximum atomic E-state index is 14.2. The summed E-state index contributed by atoms with van der Waals surface area (Å²) >= 11 is 0. The van der Waals surface area contributed by atoms with Crippen LogP contribution >= 0.6 is 0 Å². The van der Waals surface area contributed by atoms with Gasteiger partial charge in [-0.05, 0) is 42.5 Å². The lowest BCUT2D eigenvalue weighted by atomic mass is 10.1. The molecule has 5 rings (SSSR count). The van der Waals surface area contributed by atoms with E-state index in [9.17, 15) is 4.39 Å². The van der Waals surface area contributed by atoms with E-state index in [1.54, 1.807) is 24.5 Å². The topological polar surface area (TPSA) is 67.2 Å². The molecule has 0 amide bonds. The van der Waals surface area contributed by atoms with E-state index in [0.29, 0.717) is 39.5 Å². The average Bonchev–Trinajstić information content (AvgIpc) is 2.79. The van der Waals surface area contributed by atoms with Crippen LogP contribution in [0.15, 0.2) is 78.2 Å². The third-order valence-electron chi connectivity index (χ3n) is 4.47. The summed E-state index contributed by atoms with van der Waals surface area (Å²) in [5.41, 5.74) is 4.57. The van der Waals surface area contributed by atoms with Crippen LogP contribution in [0.1, 0.15) is 0 Å². The van der Waals surface area contributed by atoms with E-state index in [0.717, 1.165) is 0 Å². The molecule has 4 aromatic rings. The van der Waals surface area contributed by atoms with E-state index in [1.807, 2.05) is 42.5 Å². The number of aliphatic imine (C=N–C) groups is 1. The van der Waals surface area contributed by atoms with Crippen molar-refractivity contribution in [2.24, 2.45) is 4.99 Å². The number of benzene rings is 1. The predicted octanol–water partition coefficient (Wildman–Crippen LogP) is 4.21. The molecule has 1 radical (unpaired) electrons. The fourth-order valence-corrected chi connectivity index (χ4v) is 3.12. The highest BCUT2D eigenvalue weighted by Gasteiger charge is 2.19. The van der Waals surface area contributed by atoms with Crippen molar-refractivity contribution in [3.63, 3.8) is 0 Å². The number of rotatable bonds is 3. The van der Waals surface area contributed by atoms with Crippen molar-refractivity contribution in [2.75, 3.05) is 4.90 Å². The van der Waals surface area contributed by atoms with Crippen LogP contribution in [0.25, 0.3) is 33.8 Å². The first kappa shape index (κ1) is 17.1. The summed E-state index contributed by atoms with van der Waals surface area (Å²) in [5.74, 6) is 0. The van der Waals surface area contributed by atoms with Gasteiger partial charge in [0.15, 0.2) is 0 Å². The number of aromatic nitrogens is 4. The average molecular weight is 381 g/mol. The fourth-order valence-electron chi connectivity index (χ4n) is 3.12. The lowest BCUT2D eigenvalue weighted by Gasteiger charge is -2.23. The Kier molecular flexibility index (Phi) is 4.25. The van der Waals surface area contributed by atoms with Crippen LogP contribution in [0.3, 0.4) is 0 Å². The van der Waals surface area contributed by atoms with Gasteiger partial charge in [0.05, 0.1) is 41.0 Å². The number of nitrogens with zero attached hydrogens (tertiary/aromatic N) is 6. The maximum absolute atomic E-state index is 14.2. The van der Waals surface area contributed by atoms with Gasteiger partial charge in [-0.15, -0.1) is 0 Å². The van der Waals surface area contributed by atoms with Gasteiger partial charge in [-0.3, -0.25) is 15.0 Å². The Bertz CT molecular complexity index is 1220. The molecular weight excluding hydrogens is 367 g/mol. The minimum atomic E-state index is -1.38. The van der Waals surface area contributed by atoms with Crippen molar-refractivity contribution in [3.8, 4) is 22.8 Å². The van der Waals surface area contributed by atoms with Crippen molar-refractivity contribution in [1.82, 2.24) is 19.9 Å². The number of hydrogen-bond donors (Lipinski definition) is 0. The maximum Gasteiger partial charge on any atom is 0.212 e. The lowest BCUT2D eigenvalue weighted by Crippen LogP contribution is -2.30. The summed E-state index contributed by atoms with van der Waals surface area (Å²) in [6, 6.07) is 16.6. The second kappa shape index (κ2) is 7.20. The molecule has 0 N–H and O–H groups in total. The monoisotopic (exact) mass is 381 g/mol. The summed E-state index contributed by atoms with van der Waals surface area (Å²) in [5, 5.41) is 0. The van der Waals surface area contributed by atoms with Crippen LogP contribution in [-0.2, 0) is 0 Å². The lowest BCUT2D eigenvalue weighted by molar-refractivity contribution is 0.428. The zero-order valence-corrected chi connectivity index (χ0v) is 15.1. The molecule has 139 valence electrons. The molecule has 4 heterocycles. The molecule has 29 heavy (non-hydrogen) atoms. The highest BCUT2D eigenvalue weighted by Crippen LogP contribution is 2.30. The summed E-state index contributed by atoms with van der Waals surface area (Å²) in [4.78, 5) is 23.6. The van der Waals surface area contributed by atoms with Crippen molar-refractivity contribution < 1.29 is 4.39 Å². The van der Waals surface area contributed by atoms with Crippen LogP contribution in [0.5, 0.6) is 0 Å². The van der Waals surface area contributed by atoms with E-state index in [-0.39, 0.29) is 0 Å². The second-order valence-corrected chi connectivity index (χ2v) is 6.32. The van der Waals surface area contributed by atoms with Crippen LogP contribution < -0.4 is 4.90 Å². The first-order chi connectivity index (χ1) is 14.3. The third kappa shape index (κ3) is 3.23. The van der Waals surface area contributed by atoms with Crippen molar-refractivity contribution in [1.29, 1.82) is 0 Å². The Balaban J connectivity index is 1.70. The minimum absolute atomic E-state index is 0.610. The van der Waals surface area contributed by atoms with Gasteiger partial charge in [0.2, 0.25) is 6.30 Å². The zero-order valence-electron chi connectivity index (χ0n) is 15.1. The molecule has 0 fully saturated rings. The fraction of sp³-hybridized carbons (Fsp3) is 0.0455. The van der Waals surface area contributed by atoms with Gasteiger partial charge < -0.3 is 4.90 Å². The zero-order chi connectivity index (χ0) is 19.6. The molecule has 1 unspecified atom stereocenters. The molecule has 7 heteroatoms. The number of anilines is 1. The van der Waals surface area contributed by atoms with E-state index in [1.165, 1.54) is 17.3 Å². The number of halogens is 1. The van der Waals surface area contributed by atoms with Crippen molar-refractivity contribution >= 4 is 22.9 Å². The van der Waals surface area contributed by atoms with Crippen LogP contribution in [-0.4, -0.2) is 32.4 Å². The molecule has 1 atom stereocenters. The summed E-state index contributed by atoms with van der Waals surface area (Å²) < 4.78 is 14.2. The van der Waals surface area contributed by atoms with Gasteiger partial charge >= 0.3 is 0 Å². The summed E-state index contributed by atoms with van der Waals surface area (Å²) in [6.45, 7) is 0. The minimum Gasteiger partial charge on any atom is -0.303 e. The number of alkyl halides is 1. The third-order valence-corrected chi connectivity index (χ3v) is 4.47. The summed E-state index contributed by atoms with van der Waals surface area (Å²) in [6.07, 6.45) is 7.49. The Morgan fingerprint density at radius 3 is 2.14 bits per heavy atom. The molecule has 0 aliphatic carbocycles. The molecule has 0 spiro atoms. The highest BCUT2D eigenvalue weighted by molar-refractivity contribution is 5.87. The largest absolute Gasteiger partial charge is 0.303 e. The Morgan fingerprint density at radius 1 is 0.828 bits per heavy atom. The Morgan fingerprint density at radius 2 is 1.52 bits per heavy atom. The van der Waals surface area contributed by atoms with Gasteiger partial charge in [-0.2, -0.15) is 0 Å². The van der Waals surface area contributed by atoms with Crippen LogP contribution in [0.4, 0.5) is 10.1 Å². The number of pyridine rings is 2. The number of fused-ring (bicyclic) bond motifs is 1. The second-order valence-electron chi connectivity index (χ2n) is 6.32. The van der Waals surface area contributed by atoms with Crippen molar-refractivity contribution in [3.05, 3.63) is 79.4 Å². The molecule has 1 aliphatic rings. The molecule has 0 saturated carbocycles. The van der Waals surface area contributed by atoms with Crippen molar-refractivity contribution in [2.45, 2.75) is 6.30 Å².